The summed E-state index contributed by atoms with van der Waals surface area (Å²) in [6.45, 7) is 6.95. The molecule has 0 bridgehead atoms. The monoisotopic (exact) mass is 225 g/mol. The molecule has 0 saturated heterocycles. The van der Waals surface area contributed by atoms with Crippen molar-refractivity contribution in [3.63, 3.8) is 0 Å². The second-order valence-electron chi connectivity index (χ2n) is 5.49. The Bertz CT molecular complexity index is 337. The van der Waals surface area contributed by atoms with Gasteiger partial charge in [-0.05, 0) is 24.2 Å². The molecule has 0 aromatic carbocycles. The van der Waals surface area contributed by atoms with Crippen molar-refractivity contribution in [2.45, 2.75) is 45.8 Å². The molecule has 2 rings (SSSR count). The Hall–Kier alpha value is -0.440. The number of hydrogen-bond acceptors (Lipinski definition) is 3. The normalized spacial score (nSPS) is 21.5. The van der Waals surface area contributed by atoms with E-state index < -0.39 is 0 Å². The van der Waals surface area contributed by atoms with E-state index in [1.807, 2.05) is 0 Å². The van der Waals surface area contributed by atoms with E-state index >= 15 is 0 Å². The Labute approximate surface area is 96.8 Å². The predicted molar refractivity (Wildman–Crippen MR) is 64.2 cm³/mol. The summed E-state index contributed by atoms with van der Waals surface area (Å²) in [5.74, 6) is 2.53. The maximum atomic E-state index is 5.34. The molecule has 0 N–H and O–H groups in total. The smallest absolute Gasteiger partial charge is 0.140 e. The zero-order chi connectivity index (χ0) is 11.1. The summed E-state index contributed by atoms with van der Waals surface area (Å²) in [6.07, 6.45) is 3.37. The summed E-state index contributed by atoms with van der Waals surface area (Å²) in [6, 6.07) is 0. The van der Waals surface area contributed by atoms with Crippen LogP contribution in [0.1, 0.15) is 44.2 Å². The van der Waals surface area contributed by atoms with Crippen molar-refractivity contribution < 1.29 is 4.52 Å². The van der Waals surface area contributed by atoms with Gasteiger partial charge in [0.25, 0.3) is 0 Å². The van der Waals surface area contributed by atoms with Crippen LogP contribution in [-0.4, -0.2) is 5.16 Å². The summed E-state index contributed by atoms with van der Waals surface area (Å²) < 4.78 is 5.34. The molecule has 1 aromatic heterocycles. The van der Waals surface area contributed by atoms with Crippen LogP contribution in [0.3, 0.4) is 0 Å². The summed E-state index contributed by atoms with van der Waals surface area (Å²) in [5.41, 5.74) is 2.75. The van der Waals surface area contributed by atoms with E-state index in [0.717, 1.165) is 30.2 Å². The molecule has 0 aliphatic heterocycles. The first kappa shape index (κ1) is 11.1. The fourth-order valence-electron chi connectivity index (χ4n) is 2.33. The molecule has 15 heavy (non-hydrogen) atoms. The molecule has 0 radical (unpaired) electrons. The van der Waals surface area contributed by atoms with Crippen molar-refractivity contribution >= 4 is 12.6 Å². The minimum Gasteiger partial charge on any atom is -0.361 e. The third-order valence-electron chi connectivity index (χ3n) is 3.50. The van der Waals surface area contributed by atoms with Gasteiger partial charge in [0, 0.05) is 17.7 Å². The van der Waals surface area contributed by atoms with E-state index in [4.69, 9.17) is 4.52 Å². The minimum absolute atomic E-state index is 0.378. The highest BCUT2D eigenvalue weighted by atomic mass is 32.1. The second-order valence-corrected chi connectivity index (χ2v) is 5.81. The van der Waals surface area contributed by atoms with Gasteiger partial charge in [0.1, 0.15) is 5.76 Å². The van der Waals surface area contributed by atoms with Gasteiger partial charge in [-0.25, -0.2) is 0 Å². The molecule has 1 unspecified atom stereocenters. The van der Waals surface area contributed by atoms with Gasteiger partial charge in [0.05, 0.1) is 5.69 Å². The summed E-state index contributed by atoms with van der Waals surface area (Å²) in [4.78, 5) is 0. The maximum Gasteiger partial charge on any atom is 0.140 e. The maximum absolute atomic E-state index is 5.34. The largest absolute Gasteiger partial charge is 0.361 e. The van der Waals surface area contributed by atoms with Crippen molar-refractivity contribution in [1.29, 1.82) is 0 Å². The predicted octanol–water partition coefficient (Wildman–Crippen LogP) is 3.26. The minimum atomic E-state index is 0.378. The molecular weight excluding hydrogens is 206 g/mol. The number of aryl methyl sites for hydroxylation is 1. The van der Waals surface area contributed by atoms with Crippen LogP contribution in [0, 0.1) is 11.3 Å². The Balaban J connectivity index is 2.25. The highest BCUT2D eigenvalue weighted by molar-refractivity contribution is 7.79. The van der Waals surface area contributed by atoms with Crippen LogP contribution in [0.5, 0.6) is 0 Å². The lowest BCUT2D eigenvalue weighted by molar-refractivity contribution is 0.206. The quantitative estimate of drug-likeness (QED) is 0.742. The van der Waals surface area contributed by atoms with Gasteiger partial charge in [-0.15, -0.1) is 0 Å². The zero-order valence-electron chi connectivity index (χ0n) is 9.71. The molecule has 2 nitrogen and oxygen atoms in total. The average molecular weight is 225 g/mol. The molecule has 1 aromatic rings. The van der Waals surface area contributed by atoms with Gasteiger partial charge in [-0.3, -0.25) is 0 Å². The van der Waals surface area contributed by atoms with Crippen molar-refractivity contribution in [2.24, 2.45) is 11.3 Å². The van der Waals surface area contributed by atoms with Gasteiger partial charge in [0.2, 0.25) is 0 Å². The van der Waals surface area contributed by atoms with Crippen LogP contribution in [0.4, 0.5) is 0 Å². The van der Waals surface area contributed by atoms with Crippen LogP contribution < -0.4 is 0 Å². The van der Waals surface area contributed by atoms with Crippen molar-refractivity contribution in [2.75, 3.05) is 0 Å². The molecule has 0 fully saturated rings. The van der Waals surface area contributed by atoms with E-state index in [2.05, 4.69) is 38.6 Å². The number of aromatic nitrogens is 1. The molecule has 1 atom stereocenters. The van der Waals surface area contributed by atoms with Crippen LogP contribution in [0.25, 0.3) is 0 Å². The van der Waals surface area contributed by atoms with E-state index in [1.165, 1.54) is 12.0 Å². The number of hydrogen-bond donors (Lipinski definition) is 1. The van der Waals surface area contributed by atoms with E-state index in [9.17, 15) is 0 Å². The molecule has 1 aliphatic rings. The fraction of sp³-hybridized carbons (Fsp3) is 0.750. The van der Waals surface area contributed by atoms with Gasteiger partial charge in [-0.2, -0.15) is 12.6 Å². The highest BCUT2D eigenvalue weighted by Crippen LogP contribution is 2.38. The average Bonchev–Trinajstić information content (AvgIpc) is 2.57. The van der Waals surface area contributed by atoms with E-state index in [1.54, 1.807) is 0 Å². The number of fused-ring (bicyclic) bond motifs is 1. The van der Waals surface area contributed by atoms with E-state index in [-0.39, 0.29) is 0 Å². The highest BCUT2D eigenvalue weighted by Gasteiger charge is 2.32. The topological polar surface area (TPSA) is 26.0 Å². The van der Waals surface area contributed by atoms with Crippen LogP contribution in [-0.2, 0) is 18.6 Å². The Morgan fingerprint density at radius 2 is 2.20 bits per heavy atom. The third kappa shape index (κ3) is 2.07. The molecule has 3 heteroatoms. The van der Waals surface area contributed by atoms with Crippen molar-refractivity contribution in [1.82, 2.24) is 5.16 Å². The Morgan fingerprint density at radius 1 is 1.47 bits per heavy atom. The Kier molecular flexibility index (Phi) is 2.84. The van der Waals surface area contributed by atoms with E-state index in [0.29, 0.717) is 11.2 Å². The molecule has 1 heterocycles. The SMILES string of the molecule is CC(C)(C)C1CCc2onc(CS)c2C1. The molecular formula is C12H19NOS. The molecule has 0 spiro atoms. The number of thiol groups is 1. The van der Waals surface area contributed by atoms with Crippen LogP contribution in [0.15, 0.2) is 4.52 Å². The Morgan fingerprint density at radius 3 is 2.80 bits per heavy atom. The molecule has 0 amide bonds. The van der Waals surface area contributed by atoms with Crippen LogP contribution in [0.2, 0.25) is 0 Å². The molecule has 0 saturated carbocycles. The fourth-order valence-corrected chi connectivity index (χ4v) is 2.58. The lowest BCUT2D eigenvalue weighted by atomic mass is 9.72. The standard InChI is InChI=1S/C12H19NOS/c1-12(2,3)8-4-5-11-9(6-8)10(7-15)13-14-11/h8,15H,4-7H2,1-3H3. The van der Waals surface area contributed by atoms with Crippen LogP contribution >= 0.6 is 12.6 Å². The summed E-state index contributed by atoms with van der Waals surface area (Å²) in [5, 5.41) is 4.08. The van der Waals surface area contributed by atoms with Crippen molar-refractivity contribution in [3.05, 3.63) is 17.0 Å². The summed E-state index contributed by atoms with van der Waals surface area (Å²) >= 11 is 4.29. The van der Waals surface area contributed by atoms with Gasteiger partial charge in [-0.1, -0.05) is 25.9 Å². The van der Waals surface area contributed by atoms with Crippen molar-refractivity contribution in [3.8, 4) is 0 Å². The second kappa shape index (κ2) is 3.85. The lowest BCUT2D eigenvalue weighted by Crippen LogP contribution is -2.26. The number of rotatable bonds is 1. The zero-order valence-corrected chi connectivity index (χ0v) is 10.6. The molecule has 84 valence electrons. The third-order valence-corrected chi connectivity index (χ3v) is 3.80. The first-order valence-corrected chi connectivity index (χ1v) is 6.22. The number of nitrogens with zero attached hydrogens (tertiary/aromatic N) is 1. The summed E-state index contributed by atoms with van der Waals surface area (Å²) in [7, 11) is 0. The molecule has 1 aliphatic carbocycles. The van der Waals surface area contributed by atoms with Gasteiger partial charge >= 0.3 is 0 Å². The lowest BCUT2D eigenvalue weighted by Gasteiger charge is -2.33. The first-order chi connectivity index (χ1) is 7.02. The van der Waals surface area contributed by atoms with Gasteiger partial charge < -0.3 is 4.52 Å². The van der Waals surface area contributed by atoms with Gasteiger partial charge in [0.15, 0.2) is 0 Å². The first-order valence-electron chi connectivity index (χ1n) is 5.59.